The topological polar surface area (TPSA) is 87.4 Å². The number of fused-ring (bicyclic) bond motifs is 1. The summed E-state index contributed by atoms with van der Waals surface area (Å²) in [6, 6.07) is 24.0. The third-order valence-corrected chi connectivity index (χ3v) is 5.89. The zero-order chi connectivity index (χ0) is 26.5. The van der Waals surface area contributed by atoms with Gasteiger partial charge in [-0.1, -0.05) is 48.5 Å². The molecular weight excluding hydrogens is 468 g/mol. The summed E-state index contributed by atoms with van der Waals surface area (Å²) in [5.74, 6) is -0.268. The predicted molar refractivity (Wildman–Crippen MR) is 146 cm³/mol. The van der Waals surface area contributed by atoms with E-state index in [1.165, 1.54) is 4.57 Å². The van der Waals surface area contributed by atoms with Crippen molar-refractivity contribution in [2.75, 3.05) is 39.2 Å². The Morgan fingerprint density at radius 3 is 2.22 bits per heavy atom. The molecule has 0 spiro atoms. The van der Waals surface area contributed by atoms with Crippen molar-refractivity contribution in [3.63, 3.8) is 0 Å². The van der Waals surface area contributed by atoms with Gasteiger partial charge in [-0.25, -0.2) is 14.4 Å². The monoisotopic (exact) mass is 498 g/mol. The fraction of sp³-hybridized carbons (Fsp3) is 0.207. The lowest BCUT2D eigenvalue weighted by atomic mass is 10.0. The molecule has 0 fully saturated rings. The summed E-state index contributed by atoms with van der Waals surface area (Å²) < 4.78 is 6.37. The van der Waals surface area contributed by atoms with Crippen LogP contribution in [0.3, 0.4) is 0 Å². The molecule has 0 unspecified atom stereocenters. The summed E-state index contributed by atoms with van der Waals surface area (Å²) >= 11 is 0. The number of rotatable bonds is 7. The second-order valence-corrected chi connectivity index (χ2v) is 8.78. The third-order valence-electron chi connectivity index (χ3n) is 5.89. The molecule has 0 saturated heterocycles. The Hall–Kier alpha value is -4.43. The van der Waals surface area contributed by atoms with E-state index in [4.69, 9.17) is 9.73 Å². The molecule has 0 atom stereocenters. The maximum Gasteiger partial charge on any atom is 0.421 e. The Balaban J connectivity index is 1.84. The smallest absolute Gasteiger partial charge is 0.421 e. The molecule has 0 bridgehead atoms. The minimum Gasteiger partial charge on any atom is -0.494 e. The van der Waals surface area contributed by atoms with E-state index in [0.717, 1.165) is 11.3 Å². The van der Waals surface area contributed by atoms with Gasteiger partial charge in [-0.05, 0) is 51.4 Å². The summed E-state index contributed by atoms with van der Waals surface area (Å²) in [5.41, 5.74) is 3.59. The molecule has 1 aromatic heterocycles. The first-order valence-electron chi connectivity index (χ1n) is 12.0. The fourth-order valence-corrected chi connectivity index (χ4v) is 4.09. The third kappa shape index (κ3) is 5.39. The van der Waals surface area contributed by atoms with Crippen molar-refractivity contribution < 1.29 is 19.4 Å². The second kappa shape index (κ2) is 11.1. The van der Waals surface area contributed by atoms with E-state index in [-0.39, 0.29) is 18.4 Å². The van der Waals surface area contributed by atoms with Crippen molar-refractivity contribution in [2.45, 2.75) is 6.92 Å². The van der Waals surface area contributed by atoms with E-state index < -0.39 is 6.09 Å². The SMILES string of the molecule is CCOC(=O)n1c(O)c(C(=Nc2ccc(N(C)C(=O)CN(C)C)cc2)c2ccccc2)c2ccccc21. The van der Waals surface area contributed by atoms with Crippen LogP contribution in [0.5, 0.6) is 5.88 Å². The summed E-state index contributed by atoms with van der Waals surface area (Å²) in [5, 5.41) is 12.0. The maximum atomic E-state index is 12.7. The van der Waals surface area contributed by atoms with Crippen LogP contribution in [0.15, 0.2) is 83.9 Å². The van der Waals surface area contributed by atoms with Gasteiger partial charge in [0.1, 0.15) is 0 Å². The van der Waals surface area contributed by atoms with Crippen molar-refractivity contribution in [3.05, 3.63) is 90.0 Å². The number of amides is 1. The number of hydrogen-bond donors (Lipinski definition) is 1. The molecule has 4 aromatic rings. The van der Waals surface area contributed by atoms with Gasteiger partial charge >= 0.3 is 6.09 Å². The number of carbonyl (C=O) groups excluding carboxylic acids is 2. The van der Waals surface area contributed by atoms with Crippen molar-refractivity contribution in [3.8, 4) is 5.88 Å². The molecule has 1 amide bonds. The number of carbonyl (C=O) groups is 2. The van der Waals surface area contributed by atoms with Gasteiger partial charge in [-0.2, -0.15) is 0 Å². The van der Waals surface area contributed by atoms with Crippen molar-refractivity contribution in [1.29, 1.82) is 0 Å². The molecule has 3 aromatic carbocycles. The van der Waals surface area contributed by atoms with Gasteiger partial charge in [-0.15, -0.1) is 0 Å². The maximum absolute atomic E-state index is 12.7. The Kier molecular flexibility index (Phi) is 7.69. The van der Waals surface area contributed by atoms with Crippen LogP contribution in [0.2, 0.25) is 0 Å². The zero-order valence-electron chi connectivity index (χ0n) is 21.4. The van der Waals surface area contributed by atoms with Crippen LogP contribution >= 0.6 is 0 Å². The first-order chi connectivity index (χ1) is 17.8. The van der Waals surface area contributed by atoms with E-state index in [9.17, 15) is 14.7 Å². The van der Waals surface area contributed by atoms with Crippen molar-refractivity contribution in [1.82, 2.24) is 9.47 Å². The van der Waals surface area contributed by atoms with Crippen LogP contribution in [-0.4, -0.2) is 66.6 Å². The van der Waals surface area contributed by atoms with Crippen LogP contribution in [0.1, 0.15) is 18.1 Å². The van der Waals surface area contributed by atoms with Crippen LogP contribution < -0.4 is 4.90 Å². The fourth-order valence-electron chi connectivity index (χ4n) is 4.09. The first kappa shape index (κ1) is 25.7. The number of anilines is 1. The lowest BCUT2D eigenvalue weighted by Gasteiger charge is -2.19. The van der Waals surface area contributed by atoms with Gasteiger partial charge in [0.25, 0.3) is 0 Å². The summed E-state index contributed by atoms with van der Waals surface area (Å²) in [4.78, 5) is 33.5. The molecule has 37 heavy (non-hydrogen) atoms. The number of aromatic nitrogens is 1. The quantitative estimate of drug-likeness (QED) is 0.361. The molecule has 0 aliphatic carbocycles. The van der Waals surface area contributed by atoms with Crippen LogP contribution in [0.25, 0.3) is 10.9 Å². The number of aliphatic imine (C=N–C) groups is 1. The van der Waals surface area contributed by atoms with Gasteiger partial charge < -0.3 is 19.6 Å². The summed E-state index contributed by atoms with van der Waals surface area (Å²) in [6.45, 7) is 2.20. The van der Waals surface area contributed by atoms with Crippen molar-refractivity contribution in [2.24, 2.45) is 4.99 Å². The van der Waals surface area contributed by atoms with Crippen LogP contribution in [0, 0.1) is 0 Å². The van der Waals surface area contributed by atoms with Crippen molar-refractivity contribution >= 4 is 40.0 Å². The molecule has 4 rings (SSSR count). The summed E-state index contributed by atoms with van der Waals surface area (Å²) in [6.07, 6.45) is -0.662. The predicted octanol–water partition coefficient (Wildman–Crippen LogP) is 5.05. The molecule has 1 N–H and O–H groups in total. The lowest BCUT2D eigenvalue weighted by molar-refractivity contribution is -0.118. The number of likely N-dealkylation sites (N-methyl/N-ethyl adjacent to an activating group) is 2. The molecule has 0 saturated carbocycles. The van der Waals surface area contributed by atoms with E-state index in [2.05, 4.69) is 0 Å². The van der Waals surface area contributed by atoms with E-state index in [0.29, 0.717) is 34.4 Å². The second-order valence-electron chi connectivity index (χ2n) is 8.78. The Labute approximate surface area is 216 Å². The highest BCUT2D eigenvalue weighted by Gasteiger charge is 2.26. The van der Waals surface area contributed by atoms with Crippen LogP contribution in [0.4, 0.5) is 16.2 Å². The Morgan fingerprint density at radius 2 is 1.57 bits per heavy atom. The zero-order valence-corrected chi connectivity index (χ0v) is 21.4. The number of para-hydroxylation sites is 1. The van der Waals surface area contributed by atoms with E-state index in [1.807, 2.05) is 85.7 Å². The normalized spacial score (nSPS) is 11.6. The standard InChI is InChI=1S/C29H30N4O4/c1-5-37-29(36)33-24-14-10-9-13-23(24)26(28(33)35)27(20-11-7-6-8-12-20)30-21-15-17-22(18-16-21)32(4)25(34)19-31(2)3/h6-18,35H,5,19H2,1-4H3. The Bertz CT molecular complexity index is 1440. The van der Waals surface area contributed by atoms with Gasteiger partial charge in [0.15, 0.2) is 0 Å². The number of ether oxygens (including phenoxy) is 1. The molecule has 0 aliphatic rings. The number of benzene rings is 3. The molecule has 8 nitrogen and oxygen atoms in total. The van der Waals surface area contributed by atoms with Crippen LogP contribution in [-0.2, 0) is 9.53 Å². The van der Waals surface area contributed by atoms with Gasteiger partial charge in [0.2, 0.25) is 11.8 Å². The minimum atomic E-state index is -0.662. The molecule has 0 aliphatic heterocycles. The largest absolute Gasteiger partial charge is 0.494 e. The summed E-state index contributed by atoms with van der Waals surface area (Å²) in [7, 11) is 5.44. The Morgan fingerprint density at radius 1 is 0.919 bits per heavy atom. The highest BCUT2D eigenvalue weighted by molar-refractivity contribution is 6.23. The van der Waals surface area contributed by atoms with E-state index >= 15 is 0 Å². The molecule has 0 radical (unpaired) electrons. The molecule has 1 heterocycles. The molecule has 190 valence electrons. The number of hydrogen-bond acceptors (Lipinski definition) is 6. The van der Waals surface area contributed by atoms with Gasteiger partial charge in [0.05, 0.1) is 35.6 Å². The first-order valence-corrected chi connectivity index (χ1v) is 12.0. The van der Waals surface area contributed by atoms with E-state index in [1.54, 1.807) is 31.0 Å². The highest BCUT2D eigenvalue weighted by Crippen LogP contribution is 2.35. The highest BCUT2D eigenvalue weighted by atomic mass is 16.5. The van der Waals surface area contributed by atoms with Gasteiger partial charge in [-0.3, -0.25) is 4.79 Å². The number of nitrogens with zero attached hydrogens (tertiary/aromatic N) is 4. The molecule has 8 heteroatoms. The van der Waals surface area contributed by atoms with Gasteiger partial charge in [0, 0.05) is 23.7 Å². The number of aromatic hydroxyl groups is 1. The average Bonchev–Trinajstić information content (AvgIpc) is 3.19. The molecular formula is C29H30N4O4. The minimum absolute atomic E-state index is 0.0251. The average molecular weight is 499 g/mol. The lowest BCUT2D eigenvalue weighted by Crippen LogP contribution is -2.34.